The van der Waals surface area contributed by atoms with E-state index >= 15 is 0 Å². The molecule has 0 spiro atoms. The number of nitrogens with zero attached hydrogens (tertiary/aromatic N) is 1. The van der Waals surface area contributed by atoms with Crippen molar-refractivity contribution < 1.29 is 0 Å². The van der Waals surface area contributed by atoms with E-state index in [2.05, 4.69) is 37.2 Å². The van der Waals surface area contributed by atoms with Gasteiger partial charge < -0.3 is 0 Å². The molecule has 0 saturated carbocycles. The van der Waals surface area contributed by atoms with E-state index in [4.69, 9.17) is 0 Å². The molecule has 1 rings (SSSR count). The molecule has 13 heavy (non-hydrogen) atoms. The first-order valence-corrected chi connectivity index (χ1v) is 5.36. The maximum Gasteiger partial charge on any atom is 0.103 e. The summed E-state index contributed by atoms with van der Waals surface area (Å²) in [5.74, 6) is 0. The lowest BCUT2D eigenvalue weighted by Gasteiger charge is -2.00. The molecule has 0 bridgehead atoms. The van der Waals surface area contributed by atoms with Crippen molar-refractivity contribution in [3.05, 3.63) is 34.9 Å². The SMILES string of the molecule is CCC(C)=CSc1ncccc1C. The van der Waals surface area contributed by atoms with Gasteiger partial charge in [-0.05, 0) is 37.3 Å². The maximum atomic E-state index is 4.30. The quantitative estimate of drug-likeness (QED) is 0.677. The summed E-state index contributed by atoms with van der Waals surface area (Å²) in [7, 11) is 0. The van der Waals surface area contributed by atoms with Gasteiger partial charge in [0.15, 0.2) is 0 Å². The molecule has 0 unspecified atom stereocenters. The Balaban J connectivity index is 2.70. The minimum Gasteiger partial charge on any atom is -0.249 e. The Morgan fingerprint density at radius 2 is 2.38 bits per heavy atom. The van der Waals surface area contributed by atoms with Gasteiger partial charge in [0.2, 0.25) is 0 Å². The van der Waals surface area contributed by atoms with Crippen LogP contribution in [0.2, 0.25) is 0 Å². The van der Waals surface area contributed by atoms with Crippen LogP contribution in [0.25, 0.3) is 0 Å². The summed E-state index contributed by atoms with van der Waals surface area (Å²) in [5, 5.41) is 3.28. The fourth-order valence-corrected chi connectivity index (χ4v) is 1.69. The van der Waals surface area contributed by atoms with Gasteiger partial charge in [0.1, 0.15) is 5.03 Å². The molecule has 0 aliphatic rings. The average Bonchev–Trinajstić information content (AvgIpc) is 2.16. The van der Waals surface area contributed by atoms with Gasteiger partial charge in [-0.3, -0.25) is 0 Å². The zero-order valence-corrected chi connectivity index (χ0v) is 9.19. The molecule has 0 aromatic carbocycles. The molecule has 70 valence electrons. The third-order valence-electron chi connectivity index (χ3n) is 1.89. The van der Waals surface area contributed by atoms with Gasteiger partial charge in [-0.15, -0.1) is 0 Å². The Kier molecular flexibility index (Phi) is 4.03. The highest BCUT2D eigenvalue weighted by atomic mass is 32.2. The molecule has 0 saturated heterocycles. The van der Waals surface area contributed by atoms with Gasteiger partial charge in [-0.2, -0.15) is 0 Å². The number of thioether (sulfide) groups is 1. The van der Waals surface area contributed by atoms with E-state index in [9.17, 15) is 0 Å². The standard InChI is InChI=1S/C11H15NS/c1-4-9(2)8-13-11-10(3)6-5-7-12-11/h5-8H,4H2,1-3H3. The zero-order chi connectivity index (χ0) is 9.68. The second-order valence-corrected chi connectivity index (χ2v) is 3.92. The highest BCUT2D eigenvalue weighted by molar-refractivity contribution is 8.02. The molecule has 0 fully saturated rings. The number of allylic oxidation sites excluding steroid dienone is 1. The van der Waals surface area contributed by atoms with Crippen LogP contribution >= 0.6 is 11.8 Å². The summed E-state index contributed by atoms with van der Waals surface area (Å²) in [6.45, 7) is 6.40. The van der Waals surface area contributed by atoms with E-state index in [1.165, 1.54) is 11.1 Å². The molecular weight excluding hydrogens is 178 g/mol. The lowest BCUT2D eigenvalue weighted by molar-refractivity contribution is 1.08. The maximum absolute atomic E-state index is 4.30. The lowest BCUT2D eigenvalue weighted by Crippen LogP contribution is -1.81. The summed E-state index contributed by atoms with van der Waals surface area (Å²) in [6, 6.07) is 4.06. The van der Waals surface area contributed by atoms with Crippen molar-refractivity contribution in [3.8, 4) is 0 Å². The van der Waals surface area contributed by atoms with Crippen molar-refractivity contribution in [2.24, 2.45) is 0 Å². The van der Waals surface area contributed by atoms with Crippen molar-refractivity contribution in [1.82, 2.24) is 4.98 Å². The molecule has 1 aromatic heterocycles. The van der Waals surface area contributed by atoms with Gasteiger partial charge in [0, 0.05) is 6.20 Å². The molecule has 0 amide bonds. The number of pyridine rings is 1. The summed E-state index contributed by atoms with van der Waals surface area (Å²) in [4.78, 5) is 4.30. The molecule has 1 heterocycles. The minimum atomic E-state index is 1.11. The van der Waals surface area contributed by atoms with Gasteiger partial charge in [0.05, 0.1) is 0 Å². The number of aryl methyl sites for hydroxylation is 1. The van der Waals surface area contributed by atoms with E-state index in [0.29, 0.717) is 0 Å². The highest BCUT2D eigenvalue weighted by Crippen LogP contribution is 2.21. The monoisotopic (exact) mass is 193 g/mol. The fourth-order valence-electron chi connectivity index (χ4n) is 0.834. The van der Waals surface area contributed by atoms with Crippen molar-refractivity contribution in [2.75, 3.05) is 0 Å². The van der Waals surface area contributed by atoms with Crippen LogP contribution in [0.1, 0.15) is 25.8 Å². The van der Waals surface area contributed by atoms with E-state index in [1.807, 2.05) is 12.3 Å². The smallest absolute Gasteiger partial charge is 0.103 e. The van der Waals surface area contributed by atoms with Crippen LogP contribution in [0.15, 0.2) is 34.3 Å². The van der Waals surface area contributed by atoms with Crippen LogP contribution in [0.4, 0.5) is 0 Å². The number of hydrogen-bond acceptors (Lipinski definition) is 2. The van der Waals surface area contributed by atoms with Crippen LogP contribution < -0.4 is 0 Å². The summed E-state index contributed by atoms with van der Waals surface area (Å²) in [6.07, 6.45) is 2.95. The summed E-state index contributed by atoms with van der Waals surface area (Å²) in [5.41, 5.74) is 2.64. The molecule has 0 atom stereocenters. The largest absolute Gasteiger partial charge is 0.249 e. The van der Waals surface area contributed by atoms with E-state index in [1.54, 1.807) is 11.8 Å². The van der Waals surface area contributed by atoms with Crippen molar-refractivity contribution in [3.63, 3.8) is 0 Å². The molecule has 0 N–H and O–H groups in total. The predicted octanol–water partition coefficient (Wildman–Crippen LogP) is 3.80. The first-order valence-electron chi connectivity index (χ1n) is 4.48. The average molecular weight is 193 g/mol. The van der Waals surface area contributed by atoms with Crippen molar-refractivity contribution in [1.29, 1.82) is 0 Å². The van der Waals surface area contributed by atoms with Gasteiger partial charge >= 0.3 is 0 Å². The van der Waals surface area contributed by atoms with Crippen LogP contribution in [-0.4, -0.2) is 4.98 Å². The molecule has 0 aliphatic carbocycles. The minimum absolute atomic E-state index is 1.11. The van der Waals surface area contributed by atoms with Crippen LogP contribution in [0, 0.1) is 6.92 Å². The van der Waals surface area contributed by atoms with Crippen molar-refractivity contribution in [2.45, 2.75) is 32.2 Å². The Morgan fingerprint density at radius 1 is 1.62 bits per heavy atom. The predicted molar refractivity (Wildman–Crippen MR) is 58.9 cm³/mol. The Hall–Kier alpha value is -0.760. The molecule has 1 aromatic rings. The van der Waals surface area contributed by atoms with E-state index in [0.717, 1.165) is 11.4 Å². The van der Waals surface area contributed by atoms with Crippen molar-refractivity contribution >= 4 is 11.8 Å². The third-order valence-corrected chi connectivity index (χ3v) is 3.06. The Bertz CT molecular complexity index is 305. The topological polar surface area (TPSA) is 12.9 Å². The molecule has 2 heteroatoms. The number of hydrogen-bond donors (Lipinski definition) is 0. The van der Waals surface area contributed by atoms with Gasteiger partial charge in [0.25, 0.3) is 0 Å². The molecule has 0 radical (unpaired) electrons. The first-order chi connectivity index (χ1) is 6.24. The summed E-state index contributed by atoms with van der Waals surface area (Å²) >= 11 is 1.71. The zero-order valence-electron chi connectivity index (χ0n) is 8.37. The van der Waals surface area contributed by atoms with Gasteiger partial charge in [-0.25, -0.2) is 4.98 Å². The normalized spacial score (nSPS) is 11.8. The molecule has 0 aliphatic heterocycles. The molecule has 1 nitrogen and oxygen atoms in total. The van der Waals surface area contributed by atoms with Crippen LogP contribution in [0.3, 0.4) is 0 Å². The second-order valence-electron chi connectivity index (χ2n) is 3.06. The highest BCUT2D eigenvalue weighted by Gasteiger charge is 1.96. The van der Waals surface area contributed by atoms with Crippen LogP contribution in [-0.2, 0) is 0 Å². The van der Waals surface area contributed by atoms with Crippen LogP contribution in [0.5, 0.6) is 0 Å². The second kappa shape index (κ2) is 5.07. The first kappa shape index (κ1) is 10.3. The number of rotatable bonds is 3. The lowest BCUT2D eigenvalue weighted by atomic mass is 10.3. The fraction of sp³-hybridized carbons (Fsp3) is 0.364. The number of aromatic nitrogens is 1. The van der Waals surface area contributed by atoms with E-state index < -0.39 is 0 Å². The third kappa shape index (κ3) is 3.23. The Labute approximate surface area is 84.3 Å². The Morgan fingerprint density at radius 3 is 3.00 bits per heavy atom. The molecular formula is C11H15NS. The van der Waals surface area contributed by atoms with E-state index in [-0.39, 0.29) is 0 Å². The summed E-state index contributed by atoms with van der Waals surface area (Å²) < 4.78 is 0. The van der Waals surface area contributed by atoms with Gasteiger partial charge in [-0.1, -0.05) is 30.3 Å².